The van der Waals surface area contributed by atoms with Gasteiger partial charge in [-0.1, -0.05) is 6.92 Å². The molecule has 0 aromatic heterocycles. The molecule has 90 valence electrons. The van der Waals surface area contributed by atoms with Crippen molar-refractivity contribution in [2.24, 2.45) is 0 Å². The Morgan fingerprint density at radius 3 is 2.27 bits per heavy atom. The molecule has 1 fully saturated rings. The Hall–Kier alpha value is -0.160. The minimum Gasteiger partial charge on any atom is -0.316 e. The SMILES string of the molecule is CCNCCNCCN1CCN(C)CC1. The van der Waals surface area contributed by atoms with Gasteiger partial charge < -0.3 is 15.5 Å². The lowest BCUT2D eigenvalue weighted by molar-refractivity contribution is 0.155. The summed E-state index contributed by atoms with van der Waals surface area (Å²) in [6.07, 6.45) is 0. The van der Waals surface area contributed by atoms with Crippen LogP contribution < -0.4 is 10.6 Å². The summed E-state index contributed by atoms with van der Waals surface area (Å²) in [6, 6.07) is 0. The molecule has 1 aliphatic rings. The maximum absolute atomic E-state index is 3.46. The third kappa shape index (κ3) is 6.10. The average molecular weight is 214 g/mol. The molecule has 1 rings (SSSR count). The molecule has 0 bridgehead atoms. The molecule has 0 aromatic carbocycles. The number of nitrogens with one attached hydrogen (secondary N) is 2. The number of rotatable bonds is 7. The highest BCUT2D eigenvalue weighted by molar-refractivity contribution is 4.69. The molecule has 1 heterocycles. The van der Waals surface area contributed by atoms with Gasteiger partial charge in [0.15, 0.2) is 0 Å². The van der Waals surface area contributed by atoms with Crippen LogP contribution in [0, 0.1) is 0 Å². The Morgan fingerprint density at radius 2 is 1.60 bits per heavy atom. The molecule has 0 spiro atoms. The molecule has 0 atom stereocenters. The summed E-state index contributed by atoms with van der Waals surface area (Å²) < 4.78 is 0. The van der Waals surface area contributed by atoms with Crippen LogP contribution >= 0.6 is 0 Å². The lowest BCUT2D eigenvalue weighted by Gasteiger charge is -2.32. The molecule has 0 aliphatic carbocycles. The molecule has 1 saturated heterocycles. The van der Waals surface area contributed by atoms with Gasteiger partial charge in [-0.25, -0.2) is 0 Å². The molecule has 2 N–H and O–H groups in total. The Bertz CT molecular complexity index is 144. The zero-order chi connectivity index (χ0) is 10.9. The minimum atomic E-state index is 1.07. The molecular formula is C11H26N4. The smallest absolute Gasteiger partial charge is 0.0110 e. The monoisotopic (exact) mass is 214 g/mol. The van der Waals surface area contributed by atoms with E-state index in [9.17, 15) is 0 Å². The third-order valence-electron chi connectivity index (χ3n) is 2.93. The maximum atomic E-state index is 3.46. The summed E-state index contributed by atoms with van der Waals surface area (Å²) in [5.41, 5.74) is 0. The minimum absolute atomic E-state index is 1.07. The van der Waals surface area contributed by atoms with Gasteiger partial charge in [0.2, 0.25) is 0 Å². The summed E-state index contributed by atoms with van der Waals surface area (Å²) in [4.78, 5) is 4.94. The molecule has 15 heavy (non-hydrogen) atoms. The van der Waals surface area contributed by atoms with Crippen LogP contribution in [-0.2, 0) is 0 Å². The molecule has 1 aliphatic heterocycles. The molecule has 4 heteroatoms. The van der Waals surface area contributed by atoms with E-state index in [1.807, 2.05) is 0 Å². The van der Waals surface area contributed by atoms with E-state index in [1.54, 1.807) is 0 Å². The van der Waals surface area contributed by atoms with Crippen molar-refractivity contribution in [1.82, 2.24) is 20.4 Å². The zero-order valence-electron chi connectivity index (χ0n) is 10.3. The number of nitrogens with zero attached hydrogens (tertiary/aromatic N) is 2. The fraction of sp³-hybridized carbons (Fsp3) is 1.00. The van der Waals surface area contributed by atoms with Crippen molar-refractivity contribution >= 4 is 0 Å². The van der Waals surface area contributed by atoms with Crippen LogP contribution in [0.1, 0.15) is 6.92 Å². The van der Waals surface area contributed by atoms with E-state index in [0.29, 0.717) is 0 Å². The van der Waals surface area contributed by atoms with E-state index in [4.69, 9.17) is 0 Å². The van der Waals surface area contributed by atoms with Gasteiger partial charge in [-0.05, 0) is 13.6 Å². The van der Waals surface area contributed by atoms with E-state index in [0.717, 1.165) is 26.2 Å². The van der Waals surface area contributed by atoms with E-state index in [2.05, 4.69) is 34.4 Å². The van der Waals surface area contributed by atoms with Gasteiger partial charge in [0.25, 0.3) is 0 Å². The van der Waals surface area contributed by atoms with Gasteiger partial charge in [0.05, 0.1) is 0 Å². The first-order valence-corrected chi connectivity index (χ1v) is 6.15. The highest BCUT2D eigenvalue weighted by atomic mass is 15.2. The van der Waals surface area contributed by atoms with Crippen LogP contribution in [0.15, 0.2) is 0 Å². The van der Waals surface area contributed by atoms with Crippen molar-refractivity contribution in [2.45, 2.75) is 6.92 Å². The van der Waals surface area contributed by atoms with Crippen molar-refractivity contribution in [2.75, 3.05) is 66.0 Å². The van der Waals surface area contributed by atoms with Gasteiger partial charge in [-0.3, -0.25) is 4.90 Å². The van der Waals surface area contributed by atoms with Gasteiger partial charge >= 0.3 is 0 Å². The summed E-state index contributed by atoms with van der Waals surface area (Å²) in [5.74, 6) is 0. The van der Waals surface area contributed by atoms with Gasteiger partial charge in [-0.2, -0.15) is 0 Å². The van der Waals surface area contributed by atoms with Gasteiger partial charge in [0.1, 0.15) is 0 Å². The Kier molecular flexibility index (Phi) is 6.92. The summed E-state index contributed by atoms with van der Waals surface area (Å²) in [5, 5.41) is 6.77. The predicted molar refractivity (Wildman–Crippen MR) is 65.4 cm³/mol. The largest absolute Gasteiger partial charge is 0.316 e. The van der Waals surface area contributed by atoms with E-state index in [-0.39, 0.29) is 0 Å². The molecule has 0 unspecified atom stereocenters. The van der Waals surface area contributed by atoms with Gasteiger partial charge in [-0.15, -0.1) is 0 Å². The van der Waals surface area contributed by atoms with Gasteiger partial charge in [0, 0.05) is 52.4 Å². The fourth-order valence-corrected chi connectivity index (χ4v) is 1.79. The van der Waals surface area contributed by atoms with Crippen LogP contribution in [0.3, 0.4) is 0 Å². The summed E-state index contributed by atoms with van der Waals surface area (Å²) >= 11 is 0. The van der Waals surface area contributed by atoms with Crippen molar-refractivity contribution in [3.8, 4) is 0 Å². The van der Waals surface area contributed by atoms with Crippen molar-refractivity contribution < 1.29 is 0 Å². The van der Waals surface area contributed by atoms with Crippen molar-refractivity contribution in [3.05, 3.63) is 0 Å². The number of hydrogen-bond acceptors (Lipinski definition) is 4. The topological polar surface area (TPSA) is 30.5 Å². The van der Waals surface area contributed by atoms with Crippen LogP contribution in [0.5, 0.6) is 0 Å². The molecule has 0 saturated carbocycles. The summed E-state index contributed by atoms with van der Waals surface area (Å²) in [6.45, 7) is 12.6. The first kappa shape index (κ1) is 12.9. The van der Waals surface area contributed by atoms with E-state index < -0.39 is 0 Å². The second kappa shape index (κ2) is 8.05. The Morgan fingerprint density at radius 1 is 0.933 bits per heavy atom. The normalized spacial score (nSPS) is 19.6. The first-order chi connectivity index (χ1) is 7.33. The second-order valence-corrected chi connectivity index (χ2v) is 4.25. The maximum Gasteiger partial charge on any atom is 0.0110 e. The highest BCUT2D eigenvalue weighted by Gasteiger charge is 2.12. The van der Waals surface area contributed by atoms with E-state index >= 15 is 0 Å². The molecular weight excluding hydrogens is 188 g/mol. The lowest BCUT2D eigenvalue weighted by atomic mass is 10.3. The van der Waals surface area contributed by atoms with Crippen LogP contribution in [0.2, 0.25) is 0 Å². The van der Waals surface area contributed by atoms with Crippen LogP contribution in [-0.4, -0.2) is 75.8 Å². The van der Waals surface area contributed by atoms with Crippen molar-refractivity contribution in [1.29, 1.82) is 0 Å². The molecule has 0 radical (unpaired) electrons. The number of likely N-dealkylation sites (N-methyl/N-ethyl adjacent to an activating group) is 2. The first-order valence-electron chi connectivity index (χ1n) is 6.15. The average Bonchev–Trinajstić information content (AvgIpc) is 2.26. The number of piperazine rings is 1. The van der Waals surface area contributed by atoms with E-state index in [1.165, 1.54) is 32.7 Å². The Labute approximate surface area is 94.0 Å². The highest BCUT2D eigenvalue weighted by Crippen LogP contribution is 1.97. The van der Waals surface area contributed by atoms with Crippen molar-refractivity contribution in [3.63, 3.8) is 0 Å². The fourth-order valence-electron chi connectivity index (χ4n) is 1.79. The lowest BCUT2D eigenvalue weighted by Crippen LogP contribution is -2.46. The summed E-state index contributed by atoms with van der Waals surface area (Å²) in [7, 11) is 2.20. The molecule has 4 nitrogen and oxygen atoms in total. The van der Waals surface area contributed by atoms with Crippen LogP contribution in [0.4, 0.5) is 0 Å². The van der Waals surface area contributed by atoms with Crippen LogP contribution in [0.25, 0.3) is 0 Å². The molecule has 0 amide bonds. The third-order valence-corrected chi connectivity index (χ3v) is 2.93. The quantitative estimate of drug-likeness (QED) is 0.556. The standard InChI is InChI=1S/C11H26N4/c1-3-12-4-5-13-6-7-15-10-8-14(2)9-11-15/h12-13H,3-11H2,1-2H3. The Balaban J connectivity index is 1.87. The second-order valence-electron chi connectivity index (χ2n) is 4.25. The predicted octanol–water partition coefficient (Wildman–Crippen LogP) is -0.567. The number of hydrogen-bond donors (Lipinski definition) is 2. The zero-order valence-corrected chi connectivity index (χ0v) is 10.3. The molecule has 0 aromatic rings.